The van der Waals surface area contributed by atoms with Gasteiger partial charge < -0.3 is 24.8 Å². The third-order valence-electron chi connectivity index (χ3n) is 3.70. The van der Waals surface area contributed by atoms with Gasteiger partial charge in [0.05, 0.1) is 0 Å². The fourth-order valence-electron chi connectivity index (χ4n) is 2.46. The lowest BCUT2D eigenvalue weighted by atomic mass is 10.3. The van der Waals surface area contributed by atoms with Gasteiger partial charge in [-0.1, -0.05) is 12.1 Å². The lowest BCUT2D eigenvalue weighted by Gasteiger charge is -2.16. The molecule has 0 saturated heterocycles. The third-order valence-corrected chi connectivity index (χ3v) is 4.14. The van der Waals surface area contributed by atoms with Crippen LogP contribution >= 0.6 is 15.9 Å². The van der Waals surface area contributed by atoms with E-state index < -0.39 is 30.3 Å². The molecule has 2 amide bonds. The number of halogens is 7. The van der Waals surface area contributed by atoms with Crippen molar-refractivity contribution in [3.8, 4) is 23.1 Å². The van der Waals surface area contributed by atoms with Crippen LogP contribution in [-0.4, -0.2) is 23.7 Å². The number of amides is 2. The Morgan fingerprint density at radius 2 is 1.41 bits per heavy atom. The summed E-state index contributed by atoms with van der Waals surface area (Å²) in [5.74, 6) is -1.70. The molecule has 0 aliphatic rings. The maximum Gasteiger partial charge on any atom is 0.573 e. The lowest BCUT2D eigenvalue weighted by molar-refractivity contribution is -0.275. The van der Waals surface area contributed by atoms with Crippen LogP contribution in [0.4, 0.5) is 42.5 Å². The largest absolute Gasteiger partial charge is 0.573 e. The quantitative estimate of drug-likeness (QED) is 0.253. The Morgan fingerprint density at radius 1 is 0.794 bits per heavy atom. The summed E-state index contributed by atoms with van der Waals surface area (Å²) in [5.41, 5.74) is 0.100. The van der Waals surface area contributed by atoms with Crippen molar-refractivity contribution in [2.45, 2.75) is 12.7 Å². The molecule has 1 heterocycles. The van der Waals surface area contributed by atoms with E-state index in [1.54, 1.807) is 0 Å². The van der Waals surface area contributed by atoms with Crippen LogP contribution in [0.2, 0.25) is 0 Å². The first-order chi connectivity index (χ1) is 15.9. The van der Waals surface area contributed by atoms with E-state index in [9.17, 15) is 31.1 Å². The van der Waals surface area contributed by atoms with Crippen LogP contribution in [0.5, 0.6) is 23.1 Å². The van der Waals surface area contributed by atoms with Crippen molar-refractivity contribution in [3.63, 3.8) is 0 Å². The van der Waals surface area contributed by atoms with Gasteiger partial charge in [0.25, 0.3) is 0 Å². The first-order valence-corrected chi connectivity index (χ1v) is 9.80. The number of rotatable bonds is 6. The van der Waals surface area contributed by atoms with Gasteiger partial charge in [-0.25, -0.2) is 9.78 Å². The zero-order valence-electron chi connectivity index (χ0n) is 16.5. The molecule has 0 aliphatic carbocycles. The van der Waals surface area contributed by atoms with E-state index in [0.717, 1.165) is 18.2 Å². The SMILES string of the molecule is O=C(Nc1ccc(OC(F)(F)F)cc1)Nc1ccc(Br)nc1Oc1ccccc1OC(F)(F)F. The summed E-state index contributed by atoms with van der Waals surface area (Å²) in [4.78, 5) is 16.3. The first kappa shape index (κ1) is 25.0. The highest BCUT2D eigenvalue weighted by atomic mass is 79.9. The van der Waals surface area contributed by atoms with E-state index in [2.05, 4.69) is 41.0 Å². The van der Waals surface area contributed by atoms with Crippen LogP contribution in [0, 0.1) is 0 Å². The number of alkyl halides is 6. The second kappa shape index (κ2) is 10.1. The molecule has 0 bridgehead atoms. The zero-order chi connectivity index (χ0) is 24.9. The first-order valence-electron chi connectivity index (χ1n) is 9.01. The number of para-hydroxylation sites is 2. The van der Waals surface area contributed by atoms with Crippen LogP contribution in [0.25, 0.3) is 0 Å². The molecule has 0 atom stereocenters. The predicted molar refractivity (Wildman–Crippen MR) is 111 cm³/mol. The summed E-state index contributed by atoms with van der Waals surface area (Å²) in [6, 6.07) is 11.2. The number of hydrogen-bond donors (Lipinski definition) is 2. The van der Waals surface area contributed by atoms with E-state index in [1.165, 1.54) is 42.5 Å². The Morgan fingerprint density at radius 3 is 2.03 bits per heavy atom. The Balaban J connectivity index is 1.74. The third kappa shape index (κ3) is 7.72. The molecular weight excluding hydrogens is 540 g/mol. The highest BCUT2D eigenvalue weighted by Gasteiger charge is 2.33. The van der Waals surface area contributed by atoms with Crippen molar-refractivity contribution in [1.82, 2.24) is 4.98 Å². The highest BCUT2D eigenvalue weighted by Crippen LogP contribution is 2.37. The average Bonchev–Trinajstić information content (AvgIpc) is 2.71. The van der Waals surface area contributed by atoms with Crippen LogP contribution in [-0.2, 0) is 0 Å². The van der Waals surface area contributed by atoms with Crippen molar-refractivity contribution < 1.29 is 45.3 Å². The van der Waals surface area contributed by atoms with Crippen molar-refractivity contribution in [2.24, 2.45) is 0 Å². The van der Waals surface area contributed by atoms with Crippen LogP contribution in [0.3, 0.4) is 0 Å². The maximum atomic E-state index is 12.7. The molecule has 7 nitrogen and oxygen atoms in total. The van der Waals surface area contributed by atoms with Crippen molar-refractivity contribution in [1.29, 1.82) is 0 Å². The van der Waals surface area contributed by atoms with E-state index >= 15 is 0 Å². The van der Waals surface area contributed by atoms with Crippen molar-refractivity contribution in [2.75, 3.05) is 10.6 Å². The van der Waals surface area contributed by atoms with Crippen LogP contribution in [0.15, 0.2) is 65.3 Å². The molecule has 34 heavy (non-hydrogen) atoms. The minimum atomic E-state index is -4.97. The van der Waals surface area contributed by atoms with E-state index in [-0.39, 0.29) is 27.6 Å². The number of nitrogens with zero attached hydrogens (tertiary/aromatic N) is 1. The van der Waals surface area contributed by atoms with E-state index in [0.29, 0.717) is 0 Å². The molecule has 0 saturated carbocycles. The minimum Gasteiger partial charge on any atom is -0.433 e. The van der Waals surface area contributed by atoms with Crippen molar-refractivity contribution in [3.05, 3.63) is 65.3 Å². The van der Waals surface area contributed by atoms with Gasteiger partial charge in [0, 0.05) is 5.69 Å². The van der Waals surface area contributed by atoms with Crippen LogP contribution < -0.4 is 24.8 Å². The number of nitrogens with one attached hydrogen (secondary N) is 2. The van der Waals surface area contributed by atoms with Gasteiger partial charge in [-0.05, 0) is 64.5 Å². The van der Waals surface area contributed by atoms with Gasteiger partial charge >= 0.3 is 18.8 Å². The molecule has 2 aromatic carbocycles. The molecule has 0 unspecified atom stereocenters. The molecule has 0 radical (unpaired) electrons. The predicted octanol–water partition coefficient (Wildman–Crippen LogP) is 7.08. The van der Waals surface area contributed by atoms with Gasteiger partial charge in [-0.2, -0.15) is 0 Å². The number of ether oxygens (including phenoxy) is 3. The summed E-state index contributed by atoms with van der Waals surface area (Å²) in [5, 5.41) is 4.77. The summed E-state index contributed by atoms with van der Waals surface area (Å²) in [6.07, 6.45) is -9.83. The topological polar surface area (TPSA) is 81.7 Å². The number of anilines is 2. The van der Waals surface area contributed by atoms with E-state index in [1.807, 2.05) is 0 Å². The van der Waals surface area contributed by atoms with Gasteiger partial charge in [0.2, 0.25) is 5.88 Å². The molecule has 3 aromatic rings. The Bertz CT molecular complexity index is 1160. The van der Waals surface area contributed by atoms with Gasteiger partial charge in [0.15, 0.2) is 11.5 Å². The molecule has 2 N–H and O–H groups in total. The molecule has 0 spiro atoms. The van der Waals surface area contributed by atoms with E-state index in [4.69, 9.17) is 4.74 Å². The number of carbonyl (C=O) groups is 1. The zero-order valence-corrected chi connectivity index (χ0v) is 18.1. The van der Waals surface area contributed by atoms with Gasteiger partial charge in [-0.15, -0.1) is 26.3 Å². The van der Waals surface area contributed by atoms with Gasteiger partial charge in [0.1, 0.15) is 16.0 Å². The second-order valence-electron chi connectivity index (χ2n) is 6.23. The molecular formula is C20H12BrF6N3O4. The number of benzene rings is 2. The number of pyridine rings is 1. The molecule has 3 rings (SSSR count). The number of urea groups is 1. The molecule has 180 valence electrons. The fraction of sp³-hybridized carbons (Fsp3) is 0.100. The van der Waals surface area contributed by atoms with Gasteiger partial charge in [-0.3, -0.25) is 0 Å². The summed E-state index contributed by atoms with van der Waals surface area (Å²) < 4.78 is 88.1. The second-order valence-corrected chi connectivity index (χ2v) is 7.05. The number of hydrogen-bond acceptors (Lipinski definition) is 5. The summed E-state index contributed by atoms with van der Waals surface area (Å²) >= 11 is 3.10. The highest BCUT2D eigenvalue weighted by molar-refractivity contribution is 9.10. The average molecular weight is 552 g/mol. The fourth-order valence-corrected chi connectivity index (χ4v) is 2.76. The molecule has 0 aliphatic heterocycles. The summed E-state index contributed by atoms with van der Waals surface area (Å²) in [6.45, 7) is 0. The van der Waals surface area contributed by atoms with Crippen molar-refractivity contribution >= 4 is 33.3 Å². The smallest absolute Gasteiger partial charge is 0.433 e. The monoisotopic (exact) mass is 551 g/mol. The maximum absolute atomic E-state index is 12.7. The minimum absolute atomic E-state index is 0.0282. The Kier molecular flexibility index (Phi) is 7.39. The Hall–Kier alpha value is -3.68. The normalized spacial score (nSPS) is 11.5. The summed E-state index contributed by atoms with van der Waals surface area (Å²) in [7, 11) is 0. The molecule has 0 fully saturated rings. The number of aromatic nitrogens is 1. The van der Waals surface area contributed by atoms with Crippen LogP contribution in [0.1, 0.15) is 0 Å². The number of carbonyl (C=O) groups excluding carboxylic acids is 1. The standard InChI is InChI=1S/C20H12BrF6N3O4/c21-16-10-9-13(17(30-16)32-14-3-1-2-4-15(14)34-20(25,26)27)29-18(31)28-11-5-7-12(8-6-11)33-19(22,23)24/h1-10H,(H2,28,29,31). The Labute approximate surface area is 195 Å². The lowest BCUT2D eigenvalue weighted by Crippen LogP contribution is -2.20. The molecule has 1 aromatic heterocycles. The molecule has 14 heteroatoms.